The van der Waals surface area contributed by atoms with Crippen molar-refractivity contribution in [1.29, 1.82) is 0 Å². The molecular weight excluding hydrogens is 665 g/mol. The molecule has 0 bridgehead atoms. The largest absolute Gasteiger partial charge is 0.355 e. The second-order valence-corrected chi connectivity index (χ2v) is 15.8. The maximum absolute atomic E-state index is 4.13. The van der Waals surface area contributed by atoms with Gasteiger partial charge in [-0.2, -0.15) is 0 Å². The number of benzene rings is 8. The quantitative estimate of drug-likeness (QED) is 0.118. The van der Waals surface area contributed by atoms with Crippen LogP contribution in [0.1, 0.15) is 44.4 Å². The van der Waals surface area contributed by atoms with Gasteiger partial charge in [-0.1, -0.05) is 172 Å². The first-order chi connectivity index (χ1) is 26.6. The third kappa shape index (κ3) is 6.81. The van der Waals surface area contributed by atoms with E-state index in [1.165, 1.54) is 71.3 Å². The zero-order chi connectivity index (χ0) is 38.3. The van der Waals surface area contributed by atoms with E-state index in [9.17, 15) is 0 Å². The van der Waals surface area contributed by atoms with Crippen molar-refractivity contribution in [2.45, 2.75) is 47.0 Å². The number of nitrogens with one attached hydrogen (secondary N) is 1. The molecule has 55 heavy (non-hydrogen) atoms. The molecule has 8 aromatic rings. The number of hydrogen-bond acceptors (Lipinski definition) is 2. The molecule has 2 nitrogen and oxygen atoms in total. The van der Waals surface area contributed by atoms with Crippen LogP contribution in [0.15, 0.2) is 176 Å². The van der Waals surface area contributed by atoms with Crippen molar-refractivity contribution in [3.8, 4) is 22.3 Å². The topological polar surface area (TPSA) is 15.3 Å². The Morgan fingerprint density at radius 1 is 0.618 bits per heavy atom. The van der Waals surface area contributed by atoms with Crippen LogP contribution in [0.25, 0.3) is 54.6 Å². The van der Waals surface area contributed by atoms with Gasteiger partial charge in [0.2, 0.25) is 0 Å². The molecule has 270 valence electrons. The monoisotopic (exact) mass is 712 g/mol. The van der Waals surface area contributed by atoms with Gasteiger partial charge in [0.05, 0.1) is 11.4 Å². The maximum Gasteiger partial charge on any atom is 0.0569 e. The molecule has 0 aliphatic carbocycles. The molecule has 0 fully saturated rings. The molecule has 0 unspecified atom stereocenters. The Labute approximate surface area is 326 Å². The summed E-state index contributed by atoms with van der Waals surface area (Å²) in [6, 6.07) is 51.0. The number of allylic oxidation sites excluding steroid dienone is 4. The Morgan fingerprint density at radius 3 is 1.85 bits per heavy atom. The van der Waals surface area contributed by atoms with Crippen molar-refractivity contribution >= 4 is 55.1 Å². The van der Waals surface area contributed by atoms with Gasteiger partial charge in [-0.15, -0.1) is 0 Å². The summed E-state index contributed by atoms with van der Waals surface area (Å²) in [6.07, 6.45) is 8.51. The Balaban J connectivity index is 1.49. The minimum absolute atomic E-state index is 0.0290. The third-order valence-corrected chi connectivity index (χ3v) is 10.8. The summed E-state index contributed by atoms with van der Waals surface area (Å²) in [5.74, 6) is 0. The van der Waals surface area contributed by atoms with Crippen molar-refractivity contribution in [3.05, 3.63) is 193 Å². The van der Waals surface area contributed by atoms with E-state index >= 15 is 0 Å². The number of nitrogens with zero attached hydrogens (tertiary/aromatic N) is 1. The lowest BCUT2D eigenvalue weighted by Crippen LogP contribution is -2.13. The molecule has 0 spiro atoms. The molecule has 0 aromatic heterocycles. The predicted molar refractivity (Wildman–Crippen MR) is 241 cm³/mol. The molecule has 0 aliphatic heterocycles. The highest BCUT2D eigenvalue weighted by Gasteiger charge is 2.24. The van der Waals surface area contributed by atoms with Crippen LogP contribution in [-0.4, -0.2) is 0 Å². The minimum atomic E-state index is 0.0290. The van der Waals surface area contributed by atoms with Crippen molar-refractivity contribution in [2.75, 3.05) is 10.2 Å². The fourth-order valence-corrected chi connectivity index (χ4v) is 7.91. The molecule has 0 saturated heterocycles. The van der Waals surface area contributed by atoms with E-state index in [0.29, 0.717) is 0 Å². The van der Waals surface area contributed by atoms with Crippen LogP contribution in [0.4, 0.5) is 22.7 Å². The molecule has 8 aromatic carbocycles. The Kier molecular flexibility index (Phi) is 9.37. The van der Waals surface area contributed by atoms with Crippen LogP contribution in [0, 0.1) is 13.8 Å². The molecule has 0 heterocycles. The zero-order valence-corrected chi connectivity index (χ0v) is 32.7. The number of para-hydroxylation sites is 1. The number of rotatable bonds is 9. The lowest BCUT2D eigenvalue weighted by molar-refractivity contribution is 0.591. The second kappa shape index (κ2) is 14.5. The van der Waals surface area contributed by atoms with Gasteiger partial charge in [-0.3, -0.25) is 0 Å². The van der Waals surface area contributed by atoms with Gasteiger partial charge in [-0.25, -0.2) is 0 Å². The number of aryl methyl sites for hydroxylation is 1. The van der Waals surface area contributed by atoms with Gasteiger partial charge < -0.3 is 10.2 Å². The van der Waals surface area contributed by atoms with Crippen molar-refractivity contribution in [1.82, 2.24) is 0 Å². The molecule has 0 atom stereocenters. The summed E-state index contributed by atoms with van der Waals surface area (Å²) in [5, 5.41) is 11.4. The lowest BCUT2D eigenvalue weighted by atomic mass is 9.83. The van der Waals surface area contributed by atoms with E-state index in [1.807, 2.05) is 6.92 Å². The highest BCUT2D eigenvalue weighted by molar-refractivity contribution is 6.28. The fourth-order valence-electron chi connectivity index (χ4n) is 7.91. The van der Waals surface area contributed by atoms with Crippen LogP contribution in [0.2, 0.25) is 0 Å². The van der Waals surface area contributed by atoms with Crippen LogP contribution < -0.4 is 10.2 Å². The number of anilines is 4. The third-order valence-electron chi connectivity index (χ3n) is 10.8. The molecule has 0 radical (unpaired) electrons. The Bertz CT molecular complexity index is 2730. The molecule has 1 N–H and O–H groups in total. The van der Waals surface area contributed by atoms with Crippen molar-refractivity contribution < 1.29 is 0 Å². The normalized spacial score (nSPS) is 12.1. The highest BCUT2D eigenvalue weighted by atomic mass is 15.1. The van der Waals surface area contributed by atoms with Crippen LogP contribution in [0.3, 0.4) is 0 Å². The summed E-state index contributed by atoms with van der Waals surface area (Å²) in [6.45, 7) is 17.5. The first kappa shape index (κ1) is 35.6. The summed E-state index contributed by atoms with van der Waals surface area (Å²) in [5.41, 5.74) is 13.9. The summed E-state index contributed by atoms with van der Waals surface area (Å²) in [7, 11) is 0. The van der Waals surface area contributed by atoms with Gasteiger partial charge in [-0.05, 0) is 93.9 Å². The smallest absolute Gasteiger partial charge is 0.0569 e. The van der Waals surface area contributed by atoms with Gasteiger partial charge in [0.25, 0.3) is 0 Å². The second-order valence-electron chi connectivity index (χ2n) is 15.8. The number of hydrogen-bond donors (Lipinski definition) is 1. The molecule has 2 heteroatoms. The van der Waals surface area contributed by atoms with E-state index in [-0.39, 0.29) is 5.41 Å². The first-order valence-corrected chi connectivity index (χ1v) is 19.2. The van der Waals surface area contributed by atoms with Gasteiger partial charge in [0.1, 0.15) is 0 Å². The molecule has 8 rings (SSSR count). The summed E-state index contributed by atoms with van der Waals surface area (Å²) in [4.78, 5) is 2.42. The highest BCUT2D eigenvalue weighted by Crippen LogP contribution is 2.49. The first-order valence-electron chi connectivity index (χ1n) is 19.2. The van der Waals surface area contributed by atoms with E-state index in [4.69, 9.17) is 0 Å². The average Bonchev–Trinajstić information content (AvgIpc) is 3.18. The van der Waals surface area contributed by atoms with Crippen molar-refractivity contribution in [2.24, 2.45) is 0 Å². The predicted octanol–water partition coefficient (Wildman–Crippen LogP) is 15.4. The van der Waals surface area contributed by atoms with Crippen LogP contribution >= 0.6 is 0 Å². The van der Waals surface area contributed by atoms with E-state index < -0.39 is 0 Å². The van der Waals surface area contributed by atoms with Crippen LogP contribution in [-0.2, 0) is 5.41 Å². The van der Waals surface area contributed by atoms with E-state index in [2.05, 4.69) is 215 Å². The van der Waals surface area contributed by atoms with Gasteiger partial charge >= 0.3 is 0 Å². The standard InChI is InChI=1S/C53H48N2/c1-35(2)18-16-17-31-55(52-37(4)43(38-20-10-8-11-21-38)29-30-44(52)39-22-12-9-13-23-39)49-34-48(54-47-24-15-14-19-36(47)3)45-27-25-40-32-42(53(5,6)7)33-41-26-28-46(49)51(45)50(40)41/h8-34,54H,1H2,2-7H3/b18-16-,31-17-. The Hall–Kier alpha value is -6.38. The minimum Gasteiger partial charge on any atom is -0.355 e. The molecule has 0 amide bonds. The summed E-state index contributed by atoms with van der Waals surface area (Å²) >= 11 is 0. The maximum atomic E-state index is 4.13. The van der Waals surface area contributed by atoms with E-state index in [1.54, 1.807) is 0 Å². The van der Waals surface area contributed by atoms with Crippen molar-refractivity contribution in [3.63, 3.8) is 0 Å². The van der Waals surface area contributed by atoms with Gasteiger partial charge in [0, 0.05) is 39.3 Å². The average molecular weight is 713 g/mol. The molecule has 0 aliphatic rings. The molecule has 0 saturated carbocycles. The van der Waals surface area contributed by atoms with Crippen LogP contribution in [0.5, 0.6) is 0 Å². The van der Waals surface area contributed by atoms with E-state index in [0.717, 1.165) is 28.3 Å². The van der Waals surface area contributed by atoms with Gasteiger partial charge in [0.15, 0.2) is 0 Å². The summed E-state index contributed by atoms with van der Waals surface area (Å²) < 4.78 is 0. The lowest BCUT2D eigenvalue weighted by Gasteiger charge is -2.30. The Morgan fingerprint density at radius 2 is 1.22 bits per heavy atom. The zero-order valence-electron chi connectivity index (χ0n) is 32.7. The fraction of sp³-hybridized carbons (Fsp3) is 0.132. The SMILES string of the molecule is C=C(C)/C=C\C=C/N(c1c(-c2ccccc2)ccc(-c2ccccc2)c1C)c1cc(Nc2ccccc2C)c2ccc3cc(C(C)(C)C)cc4ccc1c2c34. The molecular formula is C53H48N2.